The average Bonchev–Trinajstić information content (AvgIpc) is 2.88. The predicted octanol–water partition coefficient (Wildman–Crippen LogP) is 5.69. The van der Waals surface area contributed by atoms with Gasteiger partial charge >= 0.3 is 5.97 Å². The van der Waals surface area contributed by atoms with Crippen LogP contribution in [0.15, 0.2) is 54.3 Å². The second-order valence-corrected chi connectivity index (χ2v) is 8.80. The van der Waals surface area contributed by atoms with Crippen LogP contribution in [-0.4, -0.2) is 43.8 Å². The summed E-state index contributed by atoms with van der Waals surface area (Å²) in [6, 6.07) is 5.72. The number of halogens is 3. The molecule has 0 saturated carbocycles. The summed E-state index contributed by atoms with van der Waals surface area (Å²) in [5, 5.41) is 0.337. The van der Waals surface area contributed by atoms with Crippen LogP contribution in [-0.2, 0) is 25.6 Å². The second kappa shape index (κ2) is 13.4. The first-order valence-corrected chi connectivity index (χ1v) is 12.1. The molecule has 0 unspecified atom stereocenters. The lowest BCUT2D eigenvalue weighted by Crippen LogP contribution is -2.34. The first-order valence-electron chi connectivity index (χ1n) is 11.4. The molecule has 1 aromatic heterocycles. The van der Waals surface area contributed by atoms with E-state index < -0.39 is 17.7 Å². The molecule has 0 N–H and O–H groups in total. The number of hydrogen-bond acceptors (Lipinski definition) is 6. The molecular formula is C26H27Cl2FN2O5. The number of amides is 1. The van der Waals surface area contributed by atoms with E-state index in [9.17, 15) is 9.59 Å². The minimum atomic E-state index is -0.721. The standard InChI is InChI=1S/C26H27Cl2FN2O5/c1-3-10-35-23-14-22(21(29)13-20(23)27)31(16-17-8-9-24(28)30-15-17)25(32)18-6-4-5-7-19(18)26(33)36-12-11-34-2/h3,8-9,13-15H,1,4-7,10-12,16H2,2H3. The van der Waals surface area contributed by atoms with Crippen LogP contribution in [0, 0.1) is 5.82 Å². The average molecular weight is 537 g/mol. The van der Waals surface area contributed by atoms with E-state index in [-0.39, 0.29) is 53.6 Å². The summed E-state index contributed by atoms with van der Waals surface area (Å²) in [5.41, 5.74) is 1.13. The zero-order valence-electron chi connectivity index (χ0n) is 19.9. The van der Waals surface area contributed by atoms with Crippen molar-refractivity contribution in [2.45, 2.75) is 32.2 Å². The van der Waals surface area contributed by atoms with Gasteiger partial charge in [0.2, 0.25) is 0 Å². The lowest BCUT2D eigenvalue weighted by molar-refractivity contribution is -0.140. The third-order valence-corrected chi connectivity index (χ3v) is 6.04. The highest BCUT2D eigenvalue weighted by Gasteiger charge is 2.30. The van der Waals surface area contributed by atoms with Crippen molar-refractivity contribution >= 4 is 40.8 Å². The number of carbonyl (C=O) groups excluding carboxylic acids is 2. The first kappa shape index (κ1) is 27.6. The summed E-state index contributed by atoms with van der Waals surface area (Å²) in [6.45, 7) is 4.02. The van der Waals surface area contributed by atoms with Crippen LogP contribution >= 0.6 is 23.2 Å². The second-order valence-electron chi connectivity index (χ2n) is 8.01. The summed E-state index contributed by atoms with van der Waals surface area (Å²) in [7, 11) is 1.50. The van der Waals surface area contributed by atoms with Gasteiger partial charge < -0.3 is 19.1 Å². The van der Waals surface area contributed by atoms with Gasteiger partial charge in [0, 0.05) is 30.5 Å². The fourth-order valence-electron chi connectivity index (χ4n) is 3.77. The molecule has 192 valence electrons. The van der Waals surface area contributed by atoms with Gasteiger partial charge in [0.1, 0.15) is 29.9 Å². The molecular weight excluding hydrogens is 510 g/mol. The molecule has 0 saturated heterocycles. The van der Waals surface area contributed by atoms with Crippen LogP contribution in [0.1, 0.15) is 31.2 Å². The van der Waals surface area contributed by atoms with Gasteiger partial charge in [0.05, 0.1) is 23.9 Å². The van der Waals surface area contributed by atoms with Crippen molar-refractivity contribution in [3.63, 3.8) is 0 Å². The zero-order valence-corrected chi connectivity index (χ0v) is 21.4. The van der Waals surface area contributed by atoms with Gasteiger partial charge in [-0.15, -0.1) is 0 Å². The molecule has 7 nitrogen and oxygen atoms in total. The van der Waals surface area contributed by atoms with Crippen LogP contribution in [0.3, 0.4) is 0 Å². The van der Waals surface area contributed by atoms with E-state index in [1.165, 1.54) is 30.3 Å². The summed E-state index contributed by atoms with van der Waals surface area (Å²) in [4.78, 5) is 32.0. The van der Waals surface area contributed by atoms with Gasteiger partial charge in [-0.3, -0.25) is 4.79 Å². The van der Waals surface area contributed by atoms with Crippen LogP contribution in [0.5, 0.6) is 5.75 Å². The van der Waals surface area contributed by atoms with E-state index in [2.05, 4.69) is 11.6 Å². The molecule has 1 aliphatic rings. The van der Waals surface area contributed by atoms with Gasteiger partial charge in [-0.1, -0.05) is 41.9 Å². The molecule has 0 bridgehead atoms. The van der Waals surface area contributed by atoms with Gasteiger partial charge in [-0.2, -0.15) is 0 Å². The largest absolute Gasteiger partial charge is 0.488 e. The van der Waals surface area contributed by atoms with Crippen molar-refractivity contribution in [1.29, 1.82) is 0 Å². The molecule has 0 radical (unpaired) electrons. The number of esters is 1. The molecule has 3 rings (SSSR count). The zero-order chi connectivity index (χ0) is 26.1. The van der Waals surface area contributed by atoms with Gasteiger partial charge in [-0.25, -0.2) is 14.2 Å². The number of rotatable bonds is 11. The van der Waals surface area contributed by atoms with E-state index in [1.807, 2.05) is 0 Å². The van der Waals surface area contributed by atoms with Crippen LogP contribution in [0.4, 0.5) is 10.1 Å². The monoisotopic (exact) mass is 536 g/mol. The number of hydrogen-bond donors (Lipinski definition) is 0. The molecule has 36 heavy (non-hydrogen) atoms. The Kier molecular flexibility index (Phi) is 10.3. The Balaban J connectivity index is 2.06. The normalized spacial score (nSPS) is 13.3. The lowest BCUT2D eigenvalue weighted by atomic mass is 9.90. The molecule has 0 spiro atoms. The minimum Gasteiger partial charge on any atom is -0.488 e. The Bertz CT molecular complexity index is 1140. The minimum absolute atomic E-state index is 0.0298. The van der Waals surface area contributed by atoms with Gasteiger partial charge in [0.15, 0.2) is 0 Å². The molecule has 1 aromatic carbocycles. The van der Waals surface area contributed by atoms with E-state index >= 15 is 4.39 Å². The number of methoxy groups -OCH3 is 1. The summed E-state index contributed by atoms with van der Waals surface area (Å²) >= 11 is 12.1. The smallest absolute Gasteiger partial charge is 0.334 e. The number of benzene rings is 1. The van der Waals surface area contributed by atoms with Crippen molar-refractivity contribution in [2.75, 3.05) is 31.8 Å². The number of nitrogens with zero attached hydrogens (tertiary/aromatic N) is 2. The third kappa shape index (κ3) is 7.06. The lowest BCUT2D eigenvalue weighted by Gasteiger charge is -2.28. The maximum Gasteiger partial charge on any atom is 0.334 e. The van der Waals surface area contributed by atoms with Crippen molar-refractivity contribution in [3.8, 4) is 5.75 Å². The Morgan fingerprint density at radius 3 is 2.58 bits per heavy atom. The van der Waals surface area contributed by atoms with E-state index in [1.54, 1.807) is 12.1 Å². The summed E-state index contributed by atoms with van der Waals surface area (Å²) < 4.78 is 31.0. The Morgan fingerprint density at radius 1 is 1.17 bits per heavy atom. The van der Waals surface area contributed by atoms with Crippen LogP contribution in [0.25, 0.3) is 0 Å². The number of pyridine rings is 1. The highest BCUT2D eigenvalue weighted by Crippen LogP contribution is 2.36. The number of carbonyl (C=O) groups is 2. The third-order valence-electron chi connectivity index (χ3n) is 5.52. The molecule has 10 heteroatoms. The molecule has 0 atom stereocenters. The van der Waals surface area contributed by atoms with Crippen molar-refractivity contribution in [2.24, 2.45) is 0 Å². The first-order chi connectivity index (χ1) is 17.3. The summed E-state index contributed by atoms with van der Waals surface area (Å²) in [5.74, 6) is -1.62. The Labute approximate surface area is 219 Å². The Hall–Kier alpha value is -2.94. The molecule has 0 aliphatic heterocycles. The van der Waals surface area contributed by atoms with Crippen molar-refractivity contribution in [3.05, 3.63) is 75.8 Å². The SMILES string of the molecule is C=CCOc1cc(N(Cc2ccc(Cl)nc2)C(=O)C2=C(C(=O)OCCOC)CCCC2)c(F)cc1Cl. The summed E-state index contributed by atoms with van der Waals surface area (Å²) in [6.07, 6.45) is 5.22. The van der Waals surface area contributed by atoms with E-state index in [4.69, 9.17) is 37.4 Å². The Morgan fingerprint density at radius 2 is 1.92 bits per heavy atom. The number of ether oxygens (including phenoxy) is 3. The fourth-order valence-corrected chi connectivity index (χ4v) is 4.08. The van der Waals surface area contributed by atoms with E-state index in [0.717, 1.165) is 12.5 Å². The maximum absolute atomic E-state index is 15.2. The van der Waals surface area contributed by atoms with Crippen molar-refractivity contribution < 1.29 is 28.2 Å². The van der Waals surface area contributed by atoms with Gasteiger partial charge in [0.25, 0.3) is 5.91 Å². The molecule has 2 aromatic rings. The molecule has 1 amide bonds. The number of anilines is 1. The molecule has 1 heterocycles. The van der Waals surface area contributed by atoms with Gasteiger partial charge in [-0.05, 0) is 43.4 Å². The quantitative estimate of drug-likeness (QED) is 0.159. The number of aromatic nitrogens is 1. The molecule has 1 aliphatic carbocycles. The predicted molar refractivity (Wildman–Crippen MR) is 136 cm³/mol. The fraction of sp³-hybridized carbons (Fsp3) is 0.346. The molecule has 0 fully saturated rings. The van der Waals surface area contributed by atoms with Crippen LogP contribution in [0.2, 0.25) is 10.2 Å². The highest BCUT2D eigenvalue weighted by molar-refractivity contribution is 6.32. The van der Waals surface area contributed by atoms with E-state index in [0.29, 0.717) is 30.4 Å². The topological polar surface area (TPSA) is 78.0 Å². The highest BCUT2D eigenvalue weighted by atomic mass is 35.5. The maximum atomic E-state index is 15.2. The van der Waals surface area contributed by atoms with Crippen LogP contribution < -0.4 is 9.64 Å². The van der Waals surface area contributed by atoms with Crippen molar-refractivity contribution in [1.82, 2.24) is 4.98 Å².